The first-order valence-electron chi connectivity index (χ1n) is 7.01. The van der Waals surface area contributed by atoms with Crippen molar-refractivity contribution in [3.8, 4) is 0 Å². The first kappa shape index (κ1) is 13.0. The van der Waals surface area contributed by atoms with Crippen molar-refractivity contribution in [3.63, 3.8) is 0 Å². The lowest BCUT2D eigenvalue weighted by molar-refractivity contribution is -0.122. The van der Waals surface area contributed by atoms with Crippen LogP contribution in [0.1, 0.15) is 29.9 Å². The van der Waals surface area contributed by atoms with E-state index in [0.717, 1.165) is 18.2 Å². The highest BCUT2D eigenvalue weighted by molar-refractivity contribution is 7.99. The topological polar surface area (TPSA) is 41.1 Å². The van der Waals surface area contributed by atoms with Crippen molar-refractivity contribution in [2.75, 3.05) is 18.2 Å². The van der Waals surface area contributed by atoms with Crippen LogP contribution in [0.25, 0.3) is 0 Å². The van der Waals surface area contributed by atoms with E-state index in [0.29, 0.717) is 5.92 Å². The summed E-state index contributed by atoms with van der Waals surface area (Å²) in [5.41, 5.74) is 2.89. The van der Waals surface area contributed by atoms with E-state index >= 15 is 0 Å². The predicted octanol–water partition coefficient (Wildman–Crippen LogP) is 1.89. The highest BCUT2D eigenvalue weighted by atomic mass is 32.2. The summed E-state index contributed by atoms with van der Waals surface area (Å²) in [6, 6.07) is 8.66. The molecule has 0 spiro atoms. The number of thioether (sulfide) groups is 1. The number of benzene rings is 1. The molecule has 4 heteroatoms. The van der Waals surface area contributed by atoms with Crippen molar-refractivity contribution in [1.82, 2.24) is 10.6 Å². The highest BCUT2D eigenvalue weighted by Crippen LogP contribution is 2.30. The number of hydrogen-bond acceptors (Lipinski definition) is 3. The Hall–Kier alpha value is -1.00. The highest BCUT2D eigenvalue weighted by Gasteiger charge is 2.24. The molecular weight excluding hydrogens is 256 g/mol. The molecule has 0 saturated carbocycles. The van der Waals surface area contributed by atoms with Gasteiger partial charge in [-0.3, -0.25) is 10.1 Å². The second-order valence-electron chi connectivity index (χ2n) is 5.30. The largest absolute Gasteiger partial charge is 0.354 e. The number of rotatable bonds is 3. The molecule has 2 atom stereocenters. The Morgan fingerprint density at radius 3 is 3.16 bits per heavy atom. The molecule has 1 heterocycles. The van der Waals surface area contributed by atoms with Crippen LogP contribution in [0.4, 0.5) is 0 Å². The van der Waals surface area contributed by atoms with Crippen LogP contribution < -0.4 is 10.6 Å². The molecule has 19 heavy (non-hydrogen) atoms. The number of fused-ring (bicyclic) bond motifs is 1. The lowest BCUT2D eigenvalue weighted by atomic mass is 9.83. The van der Waals surface area contributed by atoms with Gasteiger partial charge < -0.3 is 5.32 Å². The van der Waals surface area contributed by atoms with Crippen LogP contribution in [0.2, 0.25) is 0 Å². The third-order valence-electron chi connectivity index (χ3n) is 4.05. The fourth-order valence-corrected chi connectivity index (χ4v) is 3.92. The van der Waals surface area contributed by atoms with Gasteiger partial charge in [0.25, 0.3) is 0 Å². The third-order valence-corrected chi connectivity index (χ3v) is 4.99. The standard InChI is InChI=1S/C15H20N2OS/c18-15(14-9-19-10-17-14)16-8-12-6-3-5-11-4-1-2-7-13(11)12/h1-2,4,7,12,14,17H,3,5-6,8-10H2,(H,16,18). The first-order valence-corrected chi connectivity index (χ1v) is 8.16. The molecular formula is C15H20N2OS. The maximum Gasteiger partial charge on any atom is 0.238 e. The van der Waals surface area contributed by atoms with Crippen molar-refractivity contribution >= 4 is 17.7 Å². The Bertz CT molecular complexity index is 457. The lowest BCUT2D eigenvalue weighted by Crippen LogP contribution is -2.43. The molecule has 1 fully saturated rings. The number of nitrogens with one attached hydrogen (secondary N) is 2. The molecule has 1 aliphatic heterocycles. The van der Waals surface area contributed by atoms with Crippen molar-refractivity contribution in [3.05, 3.63) is 35.4 Å². The Labute approximate surface area is 118 Å². The Morgan fingerprint density at radius 2 is 2.32 bits per heavy atom. The van der Waals surface area contributed by atoms with E-state index in [4.69, 9.17) is 0 Å². The molecule has 1 aromatic rings. The van der Waals surface area contributed by atoms with Gasteiger partial charge >= 0.3 is 0 Å². The summed E-state index contributed by atoms with van der Waals surface area (Å²) in [4.78, 5) is 12.0. The summed E-state index contributed by atoms with van der Waals surface area (Å²) in [6.45, 7) is 0.776. The summed E-state index contributed by atoms with van der Waals surface area (Å²) in [7, 11) is 0. The molecule has 2 aliphatic rings. The van der Waals surface area contributed by atoms with Gasteiger partial charge in [0.05, 0.1) is 6.04 Å². The van der Waals surface area contributed by atoms with Crippen LogP contribution >= 0.6 is 11.8 Å². The van der Waals surface area contributed by atoms with Crippen LogP contribution in [0.15, 0.2) is 24.3 Å². The number of aryl methyl sites for hydroxylation is 1. The minimum atomic E-state index is 0.00355. The molecule has 102 valence electrons. The first-order chi connectivity index (χ1) is 9.34. The molecule has 1 aliphatic carbocycles. The van der Waals surface area contributed by atoms with Crippen LogP contribution in [0, 0.1) is 0 Å². The molecule has 1 amide bonds. The molecule has 0 radical (unpaired) electrons. The second kappa shape index (κ2) is 5.97. The smallest absolute Gasteiger partial charge is 0.238 e. The second-order valence-corrected chi connectivity index (χ2v) is 6.34. The van der Waals surface area contributed by atoms with Crippen molar-refractivity contribution in [2.45, 2.75) is 31.2 Å². The van der Waals surface area contributed by atoms with Crippen molar-refractivity contribution < 1.29 is 4.79 Å². The van der Waals surface area contributed by atoms with E-state index < -0.39 is 0 Å². The zero-order valence-electron chi connectivity index (χ0n) is 11.0. The predicted molar refractivity (Wildman–Crippen MR) is 79.4 cm³/mol. The normalized spacial score (nSPS) is 25.9. The van der Waals surface area contributed by atoms with Crippen LogP contribution in [0.5, 0.6) is 0 Å². The van der Waals surface area contributed by atoms with Crippen molar-refractivity contribution in [1.29, 1.82) is 0 Å². The Morgan fingerprint density at radius 1 is 1.42 bits per heavy atom. The minimum Gasteiger partial charge on any atom is -0.354 e. The summed E-state index contributed by atoms with van der Waals surface area (Å²) in [6.07, 6.45) is 3.60. The van der Waals surface area contributed by atoms with E-state index in [2.05, 4.69) is 34.9 Å². The number of carbonyl (C=O) groups excluding carboxylic acids is 1. The van der Waals surface area contributed by atoms with Gasteiger partial charge in [0.2, 0.25) is 5.91 Å². The van der Waals surface area contributed by atoms with Gasteiger partial charge in [-0.25, -0.2) is 0 Å². The van der Waals surface area contributed by atoms with Gasteiger partial charge in [-0.05, 0) is 30.4 Å². The van der Waals surface area contributed by atoms with E-state index in [1.54, 1.807) is 11.8 Å². The zero-order valence-corrected chi connectivity index (χ0v) is 11.8. The average molecular weight is 276 g/mol. The molecule has 2 N–H and O–H groups in total. The minimum absolute atomic E-state index is 0.00355. The summed E-state index contributed by atoms with van der Waals surface area (Å²) in [5.74, 6) is 2.44. The zero-order chi connectivity index (χ0) is 13.1. The maximum atomic E-state index is 12.0. The van der Waals surface area contributed by atoms with Crippen LogP contribution in [-0.4, -0.2) is 30.1 Å². The number of carbonyl (C=O) groups is 1. The molecule has 0 bridgehead atoms. The van der Waals surface area contributed by atoms with Crippen molar-refractivity contribution in [2.24, 2.45) is 0 Å². The summed E-state index contributed by atoms with van der Waals surface area (Å²) >= 11 is 1.79. The lowest BCUT2D eigenvalue weighted by Gasteiger charge is -2.26. The number of hydrogen-bond donors (Lipinski definition) is 2. The average Bonchev–Trinajstić information content (AvgIpc) is 2.99. The Balaban J connectivity index is 1.60. The quantitative estimate of drug-likeness (QED) is 0.886. The number of amides is 1. The monoisotopic (exact) mass is 276 g/mol. The van der Waals surface area contributed by atoms with Crippen LogP contribution in [0.3, 0.4) is 0 Å². The van der Waals surface area contributed by atoms with Gasteiger partial charge in [-0.2, -0.15) is 0 Å². The molecule has 0 aromatic heterocycles. The third kappa shape index (κ3) is 2.95. The fraction of sp³-hybridized carbons (Fsp3) is 0.533. The summed E-state index contributed by atoms with van der Waals surface area (Å²) < 4.78 is 0. The van der Waals surface area contributed by atoms with Gasteiger partial charge in [0, 0.05) is 24.1 Å². The van der Waals surface area contributed by atoms with E-state index in [1.807, 2.05) is 0 Å². The molecule has 1 aromatic carbocycles. The Kier molecular flexibility index (Phi) is 4.09. The van der Waals surface area contributed by atoms with E-state index in [-0.39, 0.29) is 11.9 Å². The van der Waals surface area contributed by atoms with Crippen LogP contribution in [-0.2, 0) is 11.2 Å². The van der Waals surface area contributed by atoms with Gasteiger partial charge in [0.1, 0.15) is 0 Å². The van der Waals surface area contributed by atoms with Gasteiger partial charge in [-0.1, -0.05) is 24.3 Å². The summed E-state index contributed by atoms with van der Waals surface area (Å²) in [5, 5.41) is 6.33. The van der Waals surface area contributed by atoms with E-state index in [9.17, 15) is 4.79 Å². The SMILES string of the molecule is O=C(NCC1CCCc2ccccc21)C1CSCN1. The molecule has 3 nitrogen and oxygen atoms in total. The van der Waals surface area contributed by atoms with E-state index in [1.165, 1.54) is 30.4 Å². The molecule has 3 rings (SSSR count). The van der Waals surface area contributed by atoms with Gasteiger partial charge in [0.15, 0.2) is 0 Å². The maximum absolute atomic E-state index is 12.0. The fourth-order valence-electron chi connectivity index (χ4n) is 2.98. The molecule has 2 unspecified atom stereocenters. The molecule has 1 saturated heterocycles. The van der Waals surface area contributed by atoms with Gasteiger partial charge in [-0.15, -0.1) is 11.8 Å².